The normalized spacial score (nSPS) is 11.7. The standard InChI is InChI=1S/C17H18O3/c1-3-13(2)14-9-11-16(12-10-14)20-17(18)19-15-7-5-4-6-8-15/h4-13H,3H2,1-2H3. The molecule has 0 aliphatic heterocycles. The third kappa shape index (κ3) is 3.85. The van der Waals surface area contributed by atoms with Gasteiger partial charge < -0.3 is 9.47 Å². The first kappa shape index (κ1) is 14.1. The minimum Gasteiger partial charge on any atom is -0.395 e. The Labute approximate surface area is 119 Å². The summed E-state index contributed by atoms with van der Waals surface area (Å²) >= 11 is 0. The van der Waals surface area contributed by atoms with E-state index in [2.05, 4.69) is 13.8 Å². The summed E-state index contributed by atoms with van der Waals surface area (Å²) in [5.41, 5.74) is 1.23. The molecule has 0 N–H and O–H groups in total. The van der Waals surface area contributed by atoms with Gasteiger partial charge >= 0.3 is 6.16 Å². The van der Waals surface area contributed by atoms with Crippen molar-refractivity contribution in [3.8, 4) is 11.5 Å². The zero-order chi connectivity index (χ0) is 14.4. The van der Waals surface area contributed by atoms with Crippen molar-refractivity contribution in [1.82, 2.24) is 0 Å². The molecule has 2 aromatic rings. The number of carbonyl (C=O) groups excluding carboxylic acids is 1. The zero-order valence-electron chi connectivity index (χ0n) is 11.7. The first-order valence-corrected chi connectivity index (χ1v) is 6.73. The highest BCUT2D eigenvalue weighted by Crippen LogP contribution is 2.22. The van der Waals surface area contributed by atoms with Crippen molar-refractivity contribution in [3.63, 3.8) is 0 Å². The van der Waals surface area contributed by atoms with Gasteiger partial charge in [-0.2, -0.15) is 0 Å². The summed E-state index contributed by atoms with van der Waals surface area (Å²) < 4.78 is 10.2. The van der Waals surface area contributed by atoms with E-state index < -0.39 is 6.16 Å². The van der Waals surface area contributed by atoms with Crippen molar-refractivity contribution < 1.29 is 14.3 Å². The molecule has 0 spiro atoms. The summed E-state index contributed by atoms with van der Waals surface area (Å²) in [6.45, 7) is 4.31. The third-order valence-electron chi connectivity index (χ3n) is 3.21. The number of benzene rings is 2. The predicted octanol–water partition coefficient (Wildman–Crippen LogP) is 4.78. The maximum absolute atomic E-state index is 11.6. The number of ether oxygens (including phenoxy) is 2. The molecule has 0 bridgehead atoms. The summed E-state index contributed by atoms with van der Waals surface area (Å²) in [6.07, 6.45) is 0.350. The van der Waals surface area contributed by atoms with Crippen molar-refractivity contribution in [2.24, 2.45) is 0 Å². The molecular formula is C17H18O3. The molecular weight excluding hydrogens is 252 g/mol. The van der Waals surface area contributed by atoms with Gasteiger partial charge in [0.05, 0.1) is 0 Å². The summed E-state index contributed by atoms with van der Waals surface area (Å²) in [6, 6.07) is 16.4. The fourth-order valence-electron chi connectivity index (χ4n) is 1.80. The molecule has 1 unspecified atom stereocenters. The lowest BCUT2D eigenvalue weighted by molar-refractivity contribution is 0.152. The van der Waals surface area contributed by atoms with E-state index in [0.29, 0.717) is 17.4 Å². The lowest BCUT2D eigenvalue weighted by atomic mass is 9.99. The Morgan fingerprint density at radius 1 is 0.950 bits per heavy atom. The number of para-hydroxylation sites is 1. The van der Waals surface area contributed by atoms with Gasteiger partial charge in [-0.15, -0.1) is 0 Å². The molecule has 0 amide bonds. The molecule has 0 aliphatic carbocycles. The molecule has 20 heavy (non-hydrogen) atoms. The Hall–Kier alpha value is -2.29. The molecule has 0 saturated heterocycles. The average molecular weight is 270 g/mol. The van der Waals surface area contributed by atoms with E-state index in [9.17, 15) is 4.79 Å². The molecule has 0 aromatic heterocycles. The molecule has 104 valence electrons. The van der Waals surface area contributed by atoms with Crippen LogP contribution in [0.15, 0.2) is 54.6 Å². The van der Waals surface area contributed by atoms with E-state index in [-0.39, 0.29) is 0 Å². The largest absolute Gasteiger partial charge is 0.519 e. The lowest BCUT2D eigenvalue weighted by Gasteiger charge is -2.10. The average Bonchev–Trinajstić information content (AvgIpc) is 2.48. The Balaban J connectivity index is 1.94. The highest BCUT2D eigenvalue weighted by molar-refractivity contribution is 5.67. The summed E-state index contributed by atoms with van der Waals surface area (Å²) in [7, 11) is 0. The van der Waals surface area contributed by atoms with Crippen LogP contribution in [0, 0.1) is 0 Å². The second-order valence-corrected chi connectivity index (χ2v) is 4.65. The van der Waals surface area contributed by atoms with Crippen LogP contribution >= 0.6 is 0 Å². The van der Waals surface area contributed by atoms with Crippen LogP contribution in [0.2, 0.25) is 0 Å². The van der Waals surface area contributed by atoms with E-state index in [1.165, 1.54) is 5.56 Å². The van der Waals surface area contributed by atoms with Crippen LogP contribution in [0.1, 0.15) is 31.7 Å². The van der Waals surface area contributed by atoms with Gasteiger partial charge in [0.15, 0.2) is 0 Å². The number of rotatable bonds is 4. The highest BCUT2D eigenvalue weighted by Gasteiger charge is 2.08. The Morgan fingerprint density at radius 3 is 2.05 bits per heavy atom. The minimum atomic E-state index is -0.729. The summed E-state index contributed by atoms with van der Waals surface area (Å²) in [5, 5.41) is 0. The van der Waals surface area contributed by atoms with Gasteiger partial charge in [-0.1, -0.05) is 44.2 Å². The Morgan fingerprint density at radius 2 is 1.50 bits per heavy atom. The van der Waals surface area contributed by atoms with E-state index in [1.54, 1.807) is 36.4 Å². The molecule has 0 radical (unpaired) electrons. The van der Waals surface area contributed by atoms with Crippen molar-refractivity contribution in [1.29, 1.82) is 0 Å². The predicted molar refractivity (Wildman–Crippen MR) is 78.2 cm³/mol. The molecule has 0 fully saturated rings. The van der Waals surface area contributed by atoms with E-state index in [1.807, 2.05) is 18.2 Å². The molecule has 0 saturated carbocycles. The first-order valence-electron chi connectivity index (χ1n) is 6.73. The van der Waals surface area contributed by atoms with Gasteiger partial charge in [0.1, 0.15) is 11.5 Å². The second-order valence-electron chi connectivity index (χ2n) is 4.65. The molecule has 0 aliphatic rings. The fraction of sp³-hybridized carbons (Fsp3) is 0.235. The van der Waals surface area contributed by atoms with Crippen LogP contribution in [0.3, 0.4) is 0 Å². The molecule has 2 aromatic carbocycles. The third-order valence-corrected chi connectivity index (χ3v) is 3.21. The van der Waals surface area contributed by atoms with Crippen molar-refractivity contribution in [3.05, 3.63) is 60.2 Å². The van der Waals surface area contributed by atoms with Gasteiger partial charge in [0.2, 0.25) is 0 Å². The Bertz CT molecular complexity index is 546. The molecule has 1 atom stereocenters. The maximum atomic E-state index is 11.6. The van der Waals surface area contributed by atoms with Crippen LogP contribution in [-0.4, -0.2) is 6.16 Å². The van der Waals surface area contributed by atoms with E-state index in [4.69, 9.17) is 9.47 Å². The van der Waals surface area contributed by atoms with Crippen LogP contribution in [-0.2, 0) is 0 Å². The molecule has 2 rings (SSSR count). The smallest absolute Gasteiger partial charge is 0.395 e. The number of hydrogen-bond acceptors (Lipinski definition) is 3. The van der Waals surface area contributed by atoms with Crippen LogP contribution in [0.25, 0.3) is 0 Å². The van der Waals surface area contributed by atoms with Crippen molar-refractivity contribution in [2.75, 3.05) is 0 Å². The minimum absolute atomic E-state index is 0.466. The summed E-state index contributed by atoms with van der Waals surface area (Å²) in [4.78, 5) is 11.6. The monoisotopic (exact) mass is 270 g/mol. The van der Waals surface area contributed by atoms with Gasteiger partial charge in [-0.25, -0.2) is 4.79 Å². The SMILES string of the molecule is CCC(C)c1ccc(OC(=O)Oc2ccccc2)cc1. The Kier molecular flexibility index (Phi) is 4.77. The van der Waals surface area contributed by atoms with Crippen LogP contribution in [0.5, 0.6) is 11.5 Å². The van der Waals surface area contributed by atoms with Gasteiger partial charge in [0.25, 0.3) is 0 Å². The number of carbonyl (C=O) groups is 1. The lowest BCUT2D eigenvalue weighted by Crippen LogP contribution is -2.13. The quantitative estimate of drug-likeness (QED) is 0.592. The fourth-order valence-corrected chi connectivity index (χ4v) is 1.80. The molecule has 3 nitrogen and oxygen atoms in total. The van der Waals surface area contributed by atoms with Gasteiger partial charge in [-0.3, -0.25) is 0 Å². The van der Waals surface area contributed by atoms with Crippen molar-refractivity contribution in [2.45, 2.75) is 26.2 Å². The van der Waals surface area contributed by atoms with Gasteiger partial charge in [0, 0.05) is 0 Å². The van der Waals surface area contributed by atoms with Crippen LogP contribution < -0.4 is 9.47 Å². The zero-order valence-corrected chi connectivity index (χ0v) is 11.7. The topological polar surface area (TPSA) is 35.5 Å². The van der Waals surface area contributed by atoms with E-state index >= 15 is 0 Å². The molecule has 3 heteroatoms. The summed E-state index contributed by atoms with van der Waals surface area (Å²) in [5.74, 6) is 1.45. The molecule has 0 heterocycles. The highest BCUT2D eigenvalue weighted by atomic mass is 16.7. The van der Waals surface area contributed by atoms with E-state index in [0.717, 1.165) is 6.42 Å². The first-order chi connectivity index (χ1) is 9.69. The van der Waals surface area contributed by atoms with Gasteiger partial charge in [-0.05, 0) is 42.2 Å². The second kappa shape index (κ2) is 6.75. The number of hydrogen-bond donors (Lipinski definition) is 0. The maximum Gasteiger partial charge on any atom is 0.519 e. The van der Waals surface area contributed by atoms with Crippen molar-refractivity contribution >= 4 is 6.16 Å². The van der Waals surface area contributed by atoms with Crippen LogP contribution in [0.4, 0.5) is 4.79 Å².